The quantitative estimate of drug-likeness (QED) is 0.506. The molecule has 0 saturated heterocycles. The van der Waals surface area contributed by atoms with Crippen LogP contribution in [0.25, 0.3) is 0 Å². The van der Waals surface area contributed by atoms with E-state index in [2.05, 4.69) is 6.58 Å². The van der Waals surface area contributed by atoms with Gasteiger partial charge in [0.2, 0.25) is 0 Å². The first-order chi connectivity index (χ1) is 5.67. The normalized spacial score (nSPS) is 12.2. The zero-order valence-electron chi connectivity index (χ0n) is 7.76. The molecule has 0 rings (SSSR count). The molecule has 0 heterocycles. The molecule has 0 bridgehead atoms. The van der Waals surface area contributed by atoms with Gasteiger partial charge in [0.05, 0.1) is 0 Å². The molecular weight excluding hydrogens is 152 g/mol. The second-order valence-corrected chi connectivity index (χ2v) is 2.59. The third kappa shape index (κ3) is 2.91. The first-order valence-corrected chi connectivity index (χ1v) is 4.22. The molecule has 0 saturated carbocycles. The molecular formula is C10H16O2. The van der Waals surface area contributed by atoms with Crippen molar-refractivity contribution < 1.29 is 9.90 Å². The number of allylic oxidation sites excluding steroid dienone is 2. The summed E-state index contributed by atoms with van der Waals surface area (Å²) in [5, 5.41) is 8.81. The Kier molecular flexibility index (Phi) is 5.09. The van der Waals surface area contributed by atoms with Crippen LogP contribution < -0.4 is 0 Å². The highest BCUT2D eigenvalue weighted by Crippen LogP contribution is 2.16. The lowest BCUT2D eigenvalue weighted by molar-refractivity contribution is -0.132. The zero-order valence-corrected chi connectivity index (χ0v) is 7.76. The van der Waals surface area contributed by atoms with Crippen molar-refractivity contribution in [2.75, 3.05) is 0 Å². The fourth-order valence-corrected chi connectivity index (χ4v) is 1.21. The summed E-state index contributed by atoms with van der Waals surface area (Å²) in [6, 6.07) is 0. The van der Waals surface area contributed by atoms with Crippen molar-refractivity contribution in [3.05, 3.63) is 23.8 Å². The molecule has 1 N–H and O–H groups in total. The highest BCUT2D eigenvalue weighted by molar-refractivity contribution is 5.87. The number of hydrogen-bond donors (Lipinski definition) is 1. The van der Waals surface area contributed by atoms with Crippen LogP contribution in [0.1, 0.15) is 33.1 Å². The standard InChI is InChI=1S/C10H16O2/c1-4-7-8(5-2)9(6-3)10(11)12/h4H,1,5-7H2,2-3H3,(H,11,12)/b9-8-. The van der Waals surface area contributed by atoms with E-state index >= 15 is 0 Å². The number of aliphatic carboxylic acids is 1. The molecule has 0 unspecified atom stereocenters. The minimum Gasteiger partial charge on any atom is -0.478 e. The lowest BCUT2D eigenvalue weighted by atomic mass is 10.0. The highest BCUT2D eigenvalue weighted by Gasteiger charge is 2.09. The van der Waals surface area contributed by atoms with Crippen LogP contribution in [0.2, 0.25) is 0 Å². The van der Waals surface area contributed by atoms with Crippen molar-refractivity contribution in [2.45, 2.75) is 33.1 Å². The molecule has 2 heteroatoms. The van der Waals surface area contributed by atoms with Gasteiger partial charge in [-0.2, -0.15) is 0 Å². The second-order valence-electron chi connectivity index (χ2n) is 2.59. The van der Waals surface area contributed by atoms with Gasteiger partial charge in [-0.15, -0.1) is 6.58 Å². The van der Waals surface area contributed by atoms with Gasteiger partial charge < -0.3 is 5.11 Å². The third-order valence-corrected chi connectivity index (χ3v) is 1.86. The molecule has 0 aliphatic carbocycles. The van der Waals surface area contributed by atoms with Gasteiger partial charge in [-0.1, -0.05) is 25.5 Å². The van der Waals surface area contributed by atoms with E-state index in [4.69, 9.17) is 5.11 Å². The molecule has 12 heavy (non-hydrogen) atoms. The summed E-state index contributed by atoms with van der Waals surface area (Å²) in [5.41, 5.74) is 1.53. The number of rotatable bonds is 5. The molecule has 0 amide bonds. The average molecular weight is 168 g/mol. The van der Waals surface area contributed by atoms with Gasteiger partial charge in [-0.05, 0) is 19.3 Å². The van der Waals surface area contributed by atoms with E-state index < -0.39 is 5.97 Å². The first kappa shape index (κ1) is 11.0. The number of carboxylic acids is 1. The van der Waals surface area contributed by atoms with Gasteiger partial charge in [-0.25, -0.2) is 4.79 Å². The van der Waals surface area contributed by atoms with Gasteiger partial charge in [0.15, 0.2) is 0 Å². The van der Waals surface area contributed by atoms with Crippen LogP contribution >= 0.6 is 0 Å². The van der Waals surface area contributed by atoms with Crippen LogP contribution in [0.15, 0.2) is 23.8 Å². The molecule has 0 aliphatic rings. The predicted molar refractivity (Wildman–Crippen MR) is 50.1 cm³/mol. The molecule has 0 aliphatic heterocycles. The Morgan fingerprint density at radius 3 is 2.25 bits per heavy atom. The summed E-state index contributed by atoms with van der Waals surface area (Å²) in [7, 11) is 0. The van der Waals surface area contributed by atoms with Crippen molar-refractivity contribution in [2.24, 2.45) is 0 Å². The maximum Gasteiger partial charge on any atom is 0.331 e. The molecule has 2 nitrogen and oxygen atoms in total. The molecule has 0 aromatic carbocycles. The molecule has 0 radical (unpaired) electrons. The summed E-state index contributed by atoms with van der Waals surface area (Å²) in [6.45, 7) is 7.43. The molecule has 0 aromatic rings. The van der Waals surface area contributed by atoms with E-state index in [0.29, 0.717) is 18.4 Å². The number of carbonyl (C=O) groups is 1. The molecule has 68 valence electrons. The SMILES string of the molecule is C=CC/C(CC)=C(/CC)C(=O)O. The van der Waals surface area contributed by atoms with Crippen LogP contribution in [0.4, 0.5) is 0 Å². The summed E-state index contributed by atoms with van der Waals surface area (Å²) >= 11 is 0. The van der Waals surface area contributed by atoms with Crippen molar-refractivity contribution in [3.63, 3.8) is 0 Å². The van der Waals surface area contributed by atoms with Crippen LogP contribution in [0.5, 0.6) is 0 Å². The summed E-state index contributed by atoms with van der Waals surface area (Å²) < 4.78 is 0. The maximum absolute atomic E-state index is 10.7. The Balaban J connectivity index is 4.72. The largest absolute Gasteiger partial charge is 0.478 e. The topological polar surface area (TPSA) is 37.3 Å². The third-order valence-electron chi connectivity index (χ3n) is 1.86. The maximum atomic E-state index is 10.7. The Morgan fingerprint density at radius 1 is 1.42 bits per heavy atom. The molecule has 0 spiro atoms. The monoisotopic (exact) mass is 168 g/mol. The Hall–Kier alpha value is -1.05. The van der Waals surface area contributed by atoms with Gasteiger partial charge in [0.25, 0.3) is 0 Å². The Labute approximate surface area is 73.6 Å². The lowest BCUT2D eigenvalue weighted by Crippen LogP contribution is -2.03. The number of carboxylic acid groups (broad SMARTS) is 1. The zero-order chi connectivity index (χ0) is 9.56. The summed E-state index contributed by atoms with van der Waals surface area (Å²) in [5.74, 6) is -0.795. The Morgan fingerprint density at radius 2 is 2.00 bits per heavy atom. The number of hydrogen-bond acceptors (Lipinski definition) is 1. The van der Waals surface area contributed by atoms with E-state index in [1.165, 1.54) is 0 Å². The second kappa shape index (κ2) is 5.58. The average Bonchev–Trinajstić information content (AvgIpc) is 2.03. The van der Waals surface area contributed by atoms with E-state index in [1.807, 2.05) is 13.8 Å². The Bertz CT molecular complexity index is 202. The van der Waals surface area contributed by atoms with Crippen molar-refractivity contribution in [1.82, 2.24) is 0 Å². The van der Waals surface area contributed by atoms with Crippen LogP contribution in [-0.2, 0) is 4.79 Å². The smallest absolute Gasteiger partial charge is 0.331 e. The minimum atomic E-state index is -0.795. The lowest BCUT2D eigenvalue weighted by Gasteiger charge is -2.05. The van der Waals surface area contributed by atoms with Crippen molar-refractivity contribution in [1.29, 1.82) is 0 Å². The van der Waals surface area contributed by atoms with E-state index in [9.17, 15) is 4.79 Å². The first-order valence-electron chi connectivity index (χ1n) is 4.22. The molecule has 0 fully saturated rings. The fraction of sp³-hybridized carbons (Fsp3) is 0.500. The minimum absolute atomic E-state index is 0.539. The van der Waals surface area contributed by atoms with Crippen LogP contribution in [0.3, 0.4) is 0 Å². The summed E-state index contributed by atoms with van der Waals surface area (Å²) in [6.07, 6.45) is 3.82. The van der Waals surface area contributed by atoms with Crippen LogP contribution in [0, 0.1) is 0 Å². The van der Waals surface area contributed by atoms with Gasteiger partial charge in [0, 0.05) is 5.57 Å². The van der Waals surface area contributed by atoms with E-state index in [0.717, 1.165) is 12.0 Å². The molecule has 0 atom stereocenters. The summed E-state index contributed by atoms with van der Waals surface area (Å²) in [4.78, 5) is 10.7. The van der Waals surface area contributed by atoms with E-state index in [-0.39, 0.29) is 0 Å². The van der Waals surface area contributed by atoms with Gasteiger partial charge in [-0.3, -0.25) is 0 Å². The van der Waals surface area contributed by atoms with E-state index in [1.54, 1.807) is 6.08 Å². The van der Waals surface area contributed by atoms with Crippen molar-refractivity contribution >= 4 is 5.97 Å². The highest BCUT2D eigenvalue weighted by atomic mass is 16.4. The van der Waals surface area contributed by atoms with Gasteiger partial charge in [0.1, 0.15) is 0 Å². The van der Waals surface area contributed by atoms with Crippen LogP contribution in [-0.4, -0.2) is 11.1 Å². The van der Waals surface area contributed by atoms with Crippen molar-refractivity contribution in [3.8, 4) is 0 Å². The predicted octanol–water partition coefficient (Wildman–Crippen LogP) is 2.76. The molecule has 0 aromatic heterocycles. The van der Waals surface area contributed by atoms with Gasteiger partial charge >= 0.3 is 5.97 Å². The fourth-order valence-electron chi connectivity index (χ4n) is 1.21.